The van der Waals surface area contributed by atoms with E-state index in [4.69, 9.17) is 0 Å². The van der Waals surface area contributed by atoms with Gasteiger partial charge in [-0.2, -0.15) is 0 Å². The van der Waals surface area contributed by atoms with Gasteiger partial charge in [0, 0.05) is 18.5 Å². The highest BCUT2D eigenvalue weighted by Gasteiger charge is 2.30. The van der Waals surface area contributed by atoms with Crippen molar-refractivity contribution in [1.82, 2.24) is 4.98 Å². The zero-order valence-corrected chi connectivity index (χ0v) is 11.8. The molecule has 2 heterocycles. The van der Waals surface area contributed by atoms with Crippen molar-refractivity contribution < 1.29 is 10.0 Å². The van der Waals surface area contributed by atoms with Gasteiger partial charge in [-0.3, -0.25) is 10.1 Å². The minimum Gasteiger partial charge on any atom is -0.393 e. The van der Waals surface area contributed by atoms with Crippen LogP contribution in [0.25, 0.3) is 10.9 Å². The molecule has 21 heavy (non-hydrogen) atoms. The van der Waals surface area contributed by atoms with Crippen molar-refractivity contribution in [3.8, 4) is 0 Å². The van der Waals surface area contributed by atoms with Crippen LogP contribution in [-0.4, -0.2) is 34.2 Å². The molecule has 0 bridgehead atoms. The number of aromatic nitrogens is 1. The number of para-hydroxylation sites is 1. The first-order valence-electron chi connectivity index (χ1n) is 7.03. The summed E-state index contributed by atoms with van der Waals surface area (Å²) in [5, 5.41) is 22.0. The Morgan fingerprint density at radius 1 is 1.43 bits per heavy atom. The predicted molar refractivity (Wildman–Crippen MR) is 80.4 cm³/mol. The molecule has 1 fully saturated rings. The summed E-state index contributed by atoms with van der Waals surface area (Å²) in [5.74, 6) is 0.0882. The number of aliphatic hydroxyl groups is 1. The Labute approximate surface area is 122 Å². The summed E-state index contributed by atoms with van der Waals surface area (Å²) in [4.78, 5) is 17.1. The second-order valence-corrected chi connectivity index (χ2v) is 5.55. The van der Waals surface area contributed by atoms with Gasteiger partial charge in [0.05, 0.1) is 16.5 Å². The first kappa shape index (κ1) is 13.8. The molecule has 0 amide bonds. The fourth-order valence-corrected chi connectivity index (χ4v) is 2.92. The van der Waals surface area contributed by atoms with Crippen molar-refractivity contribution in [2.45, 2.75) is 19.4 Å². The molecule has 2 unspecified atom stereocenters. The number of rotatable bonds is 2. The predicted octanol–water partition coefficient (Wildman–Crippen LogP) is 2.35. The first-order valence-corrected chi connectivity index (χ1v) is 7.03. The first-order chi connectivity index (χ1) is 10.1. The monoisotopic (exact) mass is 287 g/mol. The quantitative estimate of drug-likeness (QED) is 0.677. The molecule has 2 aromatic rings. The SMILES string of the molecule is CC1CN(c2c([N+](=O)[O-])cnc3ccccc23)CCC1O. The van der Waals surface area contributed by atoms with Gasteiger partial charge in [0.2, 0.25) is 0 Å². The van der Waals surface area contributed by atoms with E-state index in [0.29, 0.717) is 25.2 Å². The van der Waals surface area contributed by atoms with E-state index in [1.807, 2.05) is 36.1 Å². The van der Waals surface area contributed by atoms with Crippen LogP contribution < -0.4 is 4.90 Å². The van der Waals surface area contributed by atoms with Gasteiger partial charge >= 0.3 is 5.69 Å². The lowest BCUT2D eigenvalue weighted by Gasteiger charge is -2.36. The van der Waals surface area contributed by atoms with Gasteiger partial charge in [-0.15, -0.1) is 0 Å². The molecule has 1 aliphatic rings. The third kappa shape index (κ3) is 2.42. The Balaban J connectivity index is 2.14. The van der Waals surface area contributed by atoms with Gasteiger partial charge in [-0.05, 0) is 18.4 Å². The Bertz CT molecular complexity index is 689. The second-order valence-electron chi connectivity index (χ2n) is 5.55. The summed E-state index contributed by atoms with van der Waals surface area (Å²) < 4.78 is 0. The summed E-state index contributed by atoms with van der Waals surface area (Å²) >= 11 is 0. The van der Waals surface area contributed by atoms with Crippen LogP contribution in [0.3, 0.4) is 0 Å². The van der Waals surface area contributed by atoms with E-state index in [1.54, 1.807) is 0 Å². The molecule has 1 saturated heterocycles. The maximum Gasteiger partial charge on any atom is 0.311 e. The highest BCUT2D eigenvalue weighted by Crippen LogP contribution is 2.36. The molecule has 6 nitrogen and oxygen atoms in total. The smallest absolute Gasteiger partial charge is 0.311 e. The number of hydrogen-bond donors (Lipinski definition) is 1. The third-order valence-electron chi connectivity index (χ3n) is 4.10. The van der Waals surface area contributed by atoms with Crippen LogP contribution in [0.15, 0.2) is 30.5 Å². The molecule has 1 aromatic heterocycles. The van der Waals surface area contributed by atoms with Crippen molar-refractivity contribution in [2.24, 2.45) is 5.92 Å². The molecule has 0 spiro atoms. The lowest BCUT2D eigenvalue weighted by Crippen LogP contribution is -2.42. The van der Waals surface area contributed by atoms with E-state index in [0.717, 1.165) is 10.9 Å². The average Bonchev–Trinajstić information content (AvgIpc) is 2.49. The van der Waals surface area contributed by atoms with Crippen LogP contribution in [0.4, 0.5) is 11.4 Å². The maximum absolute atomic E-state index is 11.3. The van der Waals surface area contributed by atoms with Crippen molar-refractivity contribution in [2.75, 3.05) is 18.0 Å². The zero-order chi connectivity index (χ0) is 15.0. The number of hydrogen-bond acceptors (Lipinski definition) is 5. The van der Waals surface area contributed by atoms with E-state index >= 15 is 0 Å². The van der Waals surface area contributed by atoms with Gasteiger partial charge in [0.25, 0.3) is 0 Å². The highest BCUT2D eigenvalue weighted by atomic mass is 16.6. The van der Waals surface area contributed by atoms with Crippen LogP contribution in [0.1, 0.15) is 13.3 Å². The highest BCUT2D eigenvalue weighted by molar-refractivity contribution is 5.96. The number of nitrogens with zero attached hydrogens (tertiary/aromatic N) is 3. The molecule has 3 rings (SSSR count). The number of nitro groups is 1. The molecule has 0 aliphatic carbocycles. The molecule has 0 radical (unpaired) electrons. The van der Waals surface area contributed by atoms with Crippen molar-refractivity contribution in [1.29, 1.82) is 0 Å². The van der Waals surface area contributed by atoms with Crippen molar-refractivity contribution >= 4 is 22.3 Å². The summed E-state index contributed by atoms with van der Waals surface area (Å²) in [6, 6.07) is 7.44. The summed E-state index contributed by atoms with van der Waals surface area (Å²) in [6.45, 7) is 3.18. The van der Waals surface area contributed by atoms with Crippen LogP contribution >= 0.6 is 0 Å². The number of benzene rings is 1. The largest absolute Gasteiger partial charge is 0.393 e. The summed E-state index contributed by atoms with van der Waals surface area (Å²) in [5.41, 5.74) is 1.39. The second kappa shape index (κ2) is 5.29. The number of piperidine rings is 1. The molecule has 1 aromatic carbocycles. The molecular weight excluding hydrogens is 270 g/mol. The minimum atomic E-state index is -0.384. The van der Waals surface area contributed by atoms with Crippen LogP contribution in [0, 0.1) is 16.0 Å². The Morgan fingerprint density at radius 2 is 2.19 bits per heavy atom. The summed E-state index contributed by atoms with van der Waals surface area (Å²) in [7, 11) is 0. The van der Waals surface area contributed by atoms with Crippen LogP contribution in [-0.2, 0) is 0 Å². The molecular formula is C15H17N3O3. The molecule has 1 aliphatic heterocycles. The van der Waals surface area contributed by atoms with E-state index < -0.39 is 0 Å². The van der Waals surface area contributed by atoms with E-state index in [9.17, 15) is 15.2 Å². The number of pyridine rings is 1. The fourth-order valence-electron chi connectivity index (χ4n) is 2.92. The van der Waals surface area contributed by atoms with E-state index in [-0.39, 0.29) is 22.6 Å². The summed E-state index contributed by atoms with van der Waals surface area (Å²) in [6.07, 6.45) is 1.61. The fraction of sp³-hybridized carbons (Fsp3) is 0.400. The number of aliphatic hydroxyl groups excluding tert-OH is 1. The third-order valence-corrected chi connectivity index (χ3v) is 4.10. The maximum atomic E-state index is 11.3. The van der Waals surface area contributed by atoms with Gasteiger partial charge in [0.1, 0.15) is 11.9 Å². The number of anilines is 1. The van der Waals surface area contributed by atoms with Crippen LogP contribution in [0.2, 0.25) is 0 Å². The van der Waals surface area contributed by atoms with Crippen molar-refractivity contribution in [3.63, 3.8) is 0 Å². The Morgan fingerprint density at radius 3 is 2.90 bits per heavy atom. The standard InChI is InChI=1S/C15H17N3O3/c1-10-9-17(7-6-14(10)19)15-11-4-2-3-5-12(11)16-8-13(15)18(20)21/h2-5,8,10,14,19H,6-7,9H2,1H3. The lowest BCUT2D eigenvalue weighted by atomic mass is 9.95. The normalized spacial score (nSPS) is 22.5. The molecule has 6 heteroatoms. The van der Waals surface area contributed by atoms with Gasteiger partial charge < -0.3 is 10.0 Å². The van der Waals surface area contributed by atoms with Gasteiger partial charge in [-0.1, -0.05) is 25.1 Å². The van der Waals surface area contributed by atoms with Crippen molar-refractivity contribution in [3.05, 3.63) is 40.6 Å². The Hall–Kier alpha value is -2.21. The van der Waals surface area contributed by atoms with E-state index in [2.05, 4.69) is 4.98 Å². The number of fused-ring (bicyclic) bond motifs is 1. The molecule has 1 N–H and O–H groups in total. The Kier molecular flexibility index (Phi) is 3.47. The molecule has 2 atom stereocenters. The molecule has 110 valence electrons. The van der Waals surface area contributed by atoms with E-state index in [1.165, 1.54) is 6.20 Å². The van der Waals surface area contributed by atoms with Crippen LogP contribution in [0.5, 0.6) is 0 Å². The van der Waals surface area contributed by atoms with Gasteiger partial charge in [-0.25, -0.2) is 4.98 Å². The minimum absolute atomic E-state index is 0.0253. The topological polar surface area (TPSA) is 79.5 Å². The van der Waals surface area contributed by atoms with Gasteiger partial charge in [0.15, 0.2) is 0 Å². The lowest BCUT2D eigenvalue weighted by molar-refractivity contribution is -0.384. The molecule has 0 saturated carbocycles. The zero-order valence-electron chi connectivity index (χ0n) is 11.8. The average molecular weight is 287 g/mol.